The third-order valence-corrected chi connectivity index (χ3v) is 5.87. The number of nitro benzene ring substituents is 1. The lowest BCUT2D eigenvalue weighted by atomic mass is 9.85. The Bertz CT molecular complexity index is 752. The molecule has 0 aliphatic heterocycles. The largest absolute Gasteiger partial charge is 0.356 e. The number of aliphatic imine (C=N–C) groups is 1. The second-order valence-corrected chi connectivity index (χ2v) is 8.37. The summed E-state index contributed by atoms with van der Waals surface area (Å²) in [7, 11) is 1.77. The first-order chi connectivity index (χ1) is 14.5. The smallest absolute Gasteiger partial charge is 0.269 e. The Hall–Kier alpha value is -1.91. The maximum Gasteiger partial charge on any atom is 0.269 e. The summed E-state index contributed by atoms with van der Waals surface area (Å²) in [6.07, 6.45) is 9.09. The number of rotatable bonds is 9. The molecule has 2 fully saturated rings. The van der Waals surface area contributed by atoms with Crippen LogP contribution in [0.4, 0.5) is 5.69 Å². The van der Waals surface area contributed by atoms with E-state index in [9.17, 15) is 14.9 Å². The van der Waals surface area contributed by atoms with Crippen LogP contribution in [0.15, 0.2) is 29.3 Å². The number of nitrogens with zero attached hydrogens (tertiary/aromatic N) is 2. The second kappa shape index (κ2) is 12.8. The minimum Gasteiger partial charge on any atom is -0.356 e. The van der Waals surface area contributed by atoms with Crippen molar-refractivity contribution >= 4 is 41.5 Å². The summed E-state index contributed by atoms with van der Waals surface area (Å²) in [5, 5.41) is 20.7. The predicted octanol–water partition coefficient (Wildman–Crippen LogP) is 3.54. The van der Waals surface area contributed by atoms with Gasteiger partial charge in [0.15, 0.2) is 5.96 Å². The lowest BCUT2D eigenvalue weighted by molar-refractivity contribution is -0.384. The minimum atomic E-state index is -0.375. The van der Waals surface area contributed by atoms with Gasteiger partial charge in [0.05, 0.1) is 4.92 Å². The number of amides is 1. The Labute approximate surface area is 201 Å². The van der Waals surface area contributed by atoms with Crippen molar-refractivity contribution in [1.29, 1.82) is 0 Å². The van der Waals surface area contributed by atoms with E-state index >= 15 is 0 Å². The molecule has 3 rings (SSSR count). The van der Waals surface area contributed by atoms with Crippen molar-refractivity contribution in [3.8, 4) is 0 Å². The molecule has 0 bridgehead atoms. The Morgan fingerprint density at radius 2 is 1.84 bits per heavy atom. The van der Waals surface area contributed by atoms with Crippen LogP contribution in [-0.4, -0.2) is 42.5 Å². The SMILES string of the molecule is CN=C(NCCCCc1ccc([N+](=O)[O-])cc1)NC1CCCC(C(=O)NC2CC2)C1.I. The zero-order valence-electron chi connectivity index (χ0n) is 18.1. The van der Waals surface area contributed by atoms with Gasteiger partial charge in [-0.3, -0.25) is 19.9 Å². The summed E-state index contributed by atoms with van der Waals surface area (Å²) in [5.74, 6) is 1.12. The second-order valence-electron chi connectivity index (χ2n) is 8.37. The molecule has 0 aromatic heterocycles. The molecular formula is C22H34IN5O3. The van der Waals surface area contributed by atoms with Crippen LogP contribution in [-0.2, 0) is 11.2 Å². The number of carbonyl (C=O) groups is 1. The van der Waals surface area contributed by atoms with Crippen LogP contribution in [0.3, 0.4) is 0 Å². The van der Waals surface area contributed by atoms with Gasteiger partial charge in [0.2, 0.25) is 5.91 Å². The van der Waals surface area contributed by atoms with E-state index in [1.807, 2.05) is 12.1 Å². The third kappa shape index (κ3) is 8.62. The summed E-state index contributed by atoms with van der Waals surface area (Å²) in [4.78, 5) is 27.0. The van der Waals surface area contributed by atoms with Gasteiger partial charge in [-0.1, -0.05) is 18.6 Å². The summed E-state index contributed by atoms with van der Waals surface area (Å²) in [6, 6.07) is 7.46. The minimum absolute atomic E-state index is 0. The molecule has 9 heteroatoms. The van der Waals surface area contributed by atoms with Gasteiger partial charge in [0.1, 0.15) is 0 Å². The highest BCUT2D eigenvalue weighted by Crippen LogP contribution is 2.26. The van der Waals surface area contributed by atoms with Gasteiger partial charge in [0.25, 0.3) is 5.69 Å². The number of benzene rings is 1. The van der Waals surface area contributed by atoms with E-state index in [1.165, 1.54) is 0 Å². The van der Waals surface area contributed by atoms with Crippen LogP contribution >= 0.6 is 24.0 Å². The van der Waals surface area contributed by atoms with Crippen molar-refractivity contribution in [2.75, 3.05) is 13.6 Å². The van der Waals surface area contributed by atoms with Gasteiger partial charge in [-0.15, -0.1) is 24.0 Å². The van der Waals surface area contributed by atoms with E-state index in [0.717, 1.165) is 75.9 Å². The molecule has 3 N–H and O–H groups in total. The van der Waals surface area contributed by atoms with Crippen LogP contribution < -0.4 is 16.0 Å². The van der Waals surface area contributed by atoms with E-state index < -0.39 is 0 Å². The number of carbonyl (C=O) groups excluding carboxylic acids is 1. The maximum absolute atomic E-state index is 12.3. The number of unbranched alkanes of at least 4 members (excludes halogenated alkanes) is 1. The number of nitrogens with one attached hydrogen (secondary N) is 3. The topological polar surface area (TPSA) is 109 Å². The first-order valence-corrected chi connectivity index (χ1v) is 11.1. The fourth-order valence-corrected chi connectivity index (χ4v) is 3.94. The van der Waals surface area contributed by atoms with Crippen LogP contribution in [0, 0.1) is 16.0 Å². The lowest BCUT2D eigenvalue weighted by Gasteiger charge is -2.30. The van der Waals surface area contributed by atoms with Gasteiger partial charge in [0, 0.05) is 43.7 Å². The van der Waals surface area contributed by atoms with Crippen molar-refractivity contribution in [2.24, 2.45) is 10.9 Å². The monoisotopic (exact) mass is 543 g/mol. The summed E-state index contributed by atoms with van der Waals surface area (Å²) in [5.41, 5.74) is 1.24. The molecule has 2 saturated carbocycles. The van der Waals surface area contributed by atoms with Crippen molar-refractivity contribution in [1.82, 2.24) is 16.0 Å². The number of hydrogen-bond acceptors (Lipinski definition) is 4. The Kier molecular flexibility index (Phi) is 10.5. The average Bonchev–Trinajstić information content (AvgIpc) is 3.57. The highest BCUT2D eigenvalue weighted by molar-refractivity contribution is 14.0. The fraction of sp³-hybridized carbons (Fsp3) is 0.636. The van der Waals surface area contributed by atoms with Crippen molar-refractivity contribution in [3.63, 3.8) is 0 Å². The van der Waals surface area contributed by atoms with E-state index in [1.54, 1.807) is 19.2 Å². The maximum atomic E-state index is 12.3. The third-order valence-electron chi connectivity index (χ3n) is 5.87. The van der Waals surface area contributed by atoms with Crippen LogP contribution in [0.5, 0.6) is 0 Å². The number of guanidine groups is 1. The molecule has 0 saturated heterocycles. The number of aryl methyl sites for hydroxylation is 1. The van der Waals surface area contributed by atoms with E-state index in [-0.39, 0.29) is 52.5 Å². The molecule has 2 aliphatic rings. The molecule has 2 aliphatic carbocycles. The molecule has 0 spiro atoms. The van der Waals surface area contributed by atoms with Gasteiger partial charge < -0.3 is 16.0 Å². The van der Waals surface area contributed by atoms with Crippen LogP contribution in [0.25, 0.3) is 0 Å². The molecule has 31 heavy (non-hydrogen) atoms. The molecule has 2 atom stereocenters. The molecule has 0 heterocycles. The van der Waals surface area contributed by atoms with Crippen molar-refractivity contribution < 1.29 is 9.72 Å². The number of nitro groups is 1. The first-order valence-electron chi connectivity index (χ1n) is 11.1. The normalized spacial score (nSPS) is 21.0. The number of halogens is 1. The number of hydrogen-bond donors (Lipinski definition) is 3. The van der Waals surface area contributed by atoms with Gasteiger partial charge in [-0.2, -0.15) is 0 Å². The fourth-order valence-electron chi connectivity index (χ4n) is 3.94. The Balaban J connectivity index is 0.00000341. The van der Waals surface area contributed by atoms with E-state index in [2.05, 4.69) is 20.9 Å². The molecule has 172 valence electrons. The molecule has 2 unspecified atom stereocenters. The molecular weight excluding hydrogens is 509 g/mol. The standard InChI is InChI=1S/C22H33N5O3.HI/c1-23-22(24-14-3-2-5-16-8-12-20(13-9-16)27(29)30)26-19-7-4-6-17(15-19)21(28)25-18-10-11-18;/h8-9,12-13,17-19H,2-7,10-11,14-15H2,1H3,(H,25,28)(H2,23,24,26);1H. The van der Waals surface area contributed by atoms with Gasteiger partial charge in [-0.05, 0) is 56.9 Å². The quantitative estimate of drug-likeness (QED) is 0.110. The lowest BCUT2D eigenvalue weighted by Crippen LogP contribution is -2.47. The first kappa shape index (κ1) is 25.4. The Morgan fingerprint density at radius 1 is 1.10 bits per heavy atom. The molecule has 1 aromatic carbocycles. The zero-order valence-corrected chi connectivity index (χ0v) is 20.5. The molecule has 1 amide bonds. The van der Waals surface area contributed by atoms with Crippen molar-refractivity contribution in [2.45, 2.75) is 69.9 Å². The Morgan fingerprint density at radius 3 is 2.48 bits per heavy atom. The molecule has 1 aromatic rings. The van der Waals surface area contributed by atoms with E-state index in [0.29, 0.717) is 6.04 Å². The van der Waals surface area contributed by atoms with Crippen molar-refractivity contribution in [3.05, 3.63) is 39.9 Å². The highest BCUT2D eigenvalue weighted by Gasteiger charge is 2.31. The van der Waals surface area contributed by atoms with Gasteiger partial charge in [-0.25, -0.2) is 0 Å². The molecule has 8 nitrogen and oxygen atoms in total. The average molecular weight is 543 g/mol. The zero-order chi connectivity index (χ0) is 21.3. The summed E-state index contributed by atoms with van der Waals surface area (Å²) in [6.45, 7) is 0.810. The predicted molar refractivity (Wildman–Crippen MR) is 133 cm³/mol. The van der Waals surface area contributed by atoms with Crippen LogP contribution in [0.1, 0.15) is 56.9 Å². The highest BCUT2D eigenvalue weighted by atomic mass is 127. The van der Waals surface area contributed by atoms with E-state index in [4.69, 9.17) is 0 Å². The van der Waals surface area contributed by atoms with Gasteiger partial charge >= 0.3 is 0 Å². The number of non-ortho nitro benzene ring substituents is 1. The summed E-state index contributed by atoms with van der Waals surface area (Å²) < 4.78 is 0. The summed E-state index contributed by atoms with van der Waals surface area (Å²) >= 11 is 0. The molecule has 0 radical (unpaired) electrons. The van der Waals surface area contributed by atoms with Crippen LogP contribution in [0.2, 0.25) is 0 Å².